The first kappa shape index (κ1) is 25.2. The molecule has 170 valence electrons. The topological polar surface area (TPSA) is 17.2 Å². The third-order valence-corrected chi connectivity index (χ3v) is 5.62. The second-order valence-electron chi connectivity index (χ2n) is 9.37. The van der Waals surface area contributed by atoms with Crippen molar-refractivity contribution in [3.05, 3.63) is 71.3 Å². The van der Waals surface area contributed by atoms with Crippen molar-refractivity contribution in [2.75, 3.05) is 11.4 Å². The number of anilines is 1. The van der Waals surface area contributed by atoms with Crippen molar-refractivity contribution < 1.29 is 18.8 Å². The minimum atomic E-state index is 0. The molecule has 2 aromatic carbocycles. The summed E-state index contributed by atoms with van der Waals surface area (Å²) in [6, 6.07) is 13.0. The van der Waals surface area contributed by atoms with Crippen LogP contribution in [0.5, 0.6) is 0 Å². The fourth-order valence-corrected chi connectivity index (χ4v) is 3.97. The maximum Gasteiger partial charge on any atom is 0.311 e. The van der Waals surface area contributed by atoms with Gasteiger partial charge in [0.2, 0.25) is 6.34 Å². The zero-order valence-electron chi connectivity index (χ0n) is 21.6. The van der Waals surface area contributed by atoms with Crippen molar-refractivity contribution in [3.63, 3.8) is 0 Å². The van der Waals surface area contributed by atoms with E-state index in [-0.39, 0.29) is 12.4 Å². The van der Waals surface area contributed by atoms with Crippen LogP contribution in [-0.2, 0) is 0 Å². The van der Waals surface area contributed by atoms with Crippen molar-refractivity contribution in [1.29, 1.82) is 0 Å². The van der Waals surface area contributed by atoms with Crippen molar-refractivity contribution >= 4 is 17.7 Å². The summed E-state index contributed by atoms with van der Waals surface area (Å²) in [5.41, 5.74) is 7.22. The lowest BCUT2D eigenvalue weighted by Crippen LogP contribution is -3.00. The summed E-state index contributed by atoms with van der Waals surface area (Å²) in [4.78, 5) is 3.78. The first-order valence-electron chi connectivity index (χ1n) is 11.8. The molecular formula is C28H41ClN2. The Kier molecular flexibility index (Phi) is 9.84. The highest BCUT2D eigenvalue weighted by Crippen LogP contribution is 2.35. The molecule has 0 amide bonds. The Hall–Kier alpha value is -2.06. The predicted molar refractivity (Wildman–Crippen MR) is 133 cm³/mol. The van der Waals surface area contributed by atoms with Crippen LogP contribution in [0.3, 0.4) is 0 Å². The highest BCUT2D eigenvalue weighted by atomic mass is 35.5. The van der Waals surface area contributed by atoms with E-state index in [4.69, 9.17) is 1.41 Å². The summed E-state index contributed by atoms with van der Waals surface area (Å²) in [7, 11) is 0. The Morgan fingerprint density at radius 3 is 1.55 bits per heavy atom. The number of para-hydroxylation sites is 2. The molecule has 0 bridgehead atoms. The maximum absolute atomic E-state index is 9.10. The van der Waals surface area contributed by atoms with Crippen molar-refractivity contribution in [2.24, 2.45) is 0 Å². The minimum absolute atomic E-state index is 0. The summed E-state index contributed by atoms with van der Waals surface area (Å²) in [5, 5.41) is 0. The molecule has 0 fully saturated rings. The van der Waals surface area contributed by atoms with Gasteiger partial charge in [0.15, 0.2) is 0 Å². The monoisotopic (exact) mass is 441 g/mol. The quantitative estimate of drug-likeness (QED) is 0.357. The van der Waals surface area contributed by atoms with E-state index in [1.165, 1.54) is 27.9 Å². The largest absolute Gasteiger partial charge is 1.00 e. The van der Waals surface area contributed by atoms with Crippen LogP contribution in [0.15, 0.2) is 49.1 Å². The van der Waals surface area contributed by atoms with Crippen LogP contribution in [-0.4, -0.2) is 12.9 Å². The Labute approximate surface area is 198 Å². The molecule has 2 nitrogen and oxygen atoms in total. The number of nitrogens with one attached hydrogen (secondary N) is 1. The van der Waals surface area contributed by atoms with Crippen molar-refractivity contribution in [1.82, 2.24) is 0 Å². The third kappa shape index (κ3) is 6.46. The van der Waals surface area contributed by atoms with Gasteiger partial charge >= 0.3 is 1.41 Å². The highest BCUT2D eigenvalue weighted by Gasteiger charge is 2.23. The maximum atomic E-state index is 9.10. The van der Waals surface area contributed by atoms with Gasteiger partial charge in [-0.1, -0.05) is 104 Å². The lowest BCUT2D eigenvalue weighted by atomic mass is 9.92. The summed E-state index contributed by atoms with van der Waals surface area (Å²) in [6.07, 6.45) is 3.87. The smallest absolute Gasteiger partial charge is 0.311 e. The fraction of sp³-hybridized carbons (Fsp3) is 0.464. The average molecular weight is 442 g/mol. The van der Waals surface area contributed by atoms with Crippen LogP contribution >= 0.6 is 0 Å². The van der Waals surface area contributed by atoms with Gasteiger partial charge in [-0.25, -0.2) is 9.89 Å². The van der Waals surface area contributed by atoms with Crippen LogP contribution in [0.2, 0.25) is 1.41 Å². The number of nitrogens with zero attached hydrogens (tertiary/aromatic N) is 1. The number of benzene rings is 2. The summed E-state index contributed by atoms with van der Waals surface area (Å²) < 4.78 is 9.10. The van der Waals surface area contributed by atoms with Crippen LogP contribution in [0, 0.1) is 0 Å². The second-order valence-corrected chi connectivity index (χ2v) is 9.37. The first-order chi connectivity index (χ1) is 14.6. The third-order valence-electron chi connectivity index (χ3n) is 5.62. The zero-order valence-corrected chi connectivity index (χ0v) is 21.4. The first-order valence-corrected chi connectivity index (χ1v) is 11.4. The van der Waals surface area contributed by atoms with Gasteiger partial charge in [-0.2, -0.15) is 0 Å². The highest BCUT2D eigenvalue weighted by molar-refractivity contribution is 5.81. The molecule has 0 aliphatic carbocycles. The number of halogens is 1. The predicted octanol–water partition coefficient (Wildman–Crippen LogP) is 3.62. The normalized spacial score (nSPS) is 12.4. The Morgan fingerprint density at radius 2 is 1.19 bits per heavy atom. The lowest BCUT2D eigenvalue weighted by molar-refractivity contribution is -0.350. The minimum Gasteiger partial charge on any atom is -1.00 e. The molecule has 2 rings (SSSR count). The van der Waals surface area contributed by atoms with E-state index in [9.17, 15) is 0 Å². The molecule has 3 heteroatoms. The van der Waals surface area contributed by atoms with Gasteiger partial charge in [-0.15, -0.1) is 0 Å². The van der Waals surface area contributed by atoms with Crippen molar-refractivity contribution in [3.8, 4) is 0 Å². The molecule has 0 aliphatic heterocycles. The molecule has 0 saturated carbocycles. The average Bonchev–Trinajstić information content (AvgIpc) is 2.71. The molecule has 0 unspecified atom stereocenters. The molecule has 1 N–H and O–H groups in total. The molecule has 0 saturated heterocycles. The lowest BCUT2D eigenvalue weighted by Gasteiger charge is -2.23. The SMILES string of the molecule is [2H]/[N+](=C\N(CC=C)c1c(C(C)C)cccc1C(C)C)c1c(C(C)C)cccc1C(C)C.[Cl-]. The molecule has 0 radical (unpaired) electrons. The summed E-state index contributed by atoms with van der Waals surface area (Å²) >= 11 is 0. The van der Waals surface area contributed by atoms with E-state index in [0.29, 0.717) is 30.2 Å². The van der Waals surface area contributed by atoms with Gasteiger partial charge in [0.1, 0.15) is 17.9 Å². The van der Waals surface area contributed by atoms with Gasteiger partial charge < -0.3 is 12.4 Å². The van der Waals surface area contributed by atoms with Crippen molar-refractivity contribution in [2.45, 2.75) is 79.1 Å². The molecule has 0 aromatic heterocycles. The molecule has 0 heterocycles. The van der Waals surface area contributed by atoms with Crippen LogP contribution < -0.4 is 22.3 Å². The standard InChI is InChI=1S/C28H40N2.ClH/c1-10-17-30(28-25(21(6)7)15-12-16-26(28)22(8)9)18-29-27-23(19(2)3)13-11-14-24(27)20(4)5;/h10-16,18-22H,1,17H2,2-9H3;1H/b29-18+;/i/hD. The summed E-state index contributed by atoms with van der Waals surface area (Å²) in [5.74, 6) is 1.47. The van der Waals surface area contributed by atoms with Gasteiger partial charge in [0.25, 0.3) is 0 Å². The van der Waals surface area contributed by atoms with E-state index in [1.54, 1.807) is 4.99 Å². The second kappa shape index (κ2) is 12.1. The molecular weight excluding hydrogens is 400 g/mol. The Morgan fingerprint density at radius 1 is 0.806 bits per heavy atom. The van der Waals surface area contributed by atoms with E-state index < -0.39 is 0 Å². The number of hydrogen-bond donors (Lipinski definition) is 1. The van der Waals surface area contributed by atoms with E-state index in [1.807, 2.05) is 12.4 Å². The molecule has 0 aliphatic rings. The van der Waals surface area contributed by atoms with E-state index >= 15 is 0 Å². The van der Waals surface area contributed by atoms with E-state index in [0.717, 1.165) is 5.69 Å². The Bertz CT molecular complexity index is 877. The van der Waals surface area contributed by atoms with Gasteiger partial charge in [0, 0.05) is 22.3 Å². The van der Waals surface area contributed by atoms with E-state index in [2.05, 4.69) is 103 Å². The van der Waals surface area contributed by atoms with Gasteiger partial charge in [-0.3, -0.25) is 0 Å². The fourth-order valence-electron chi connectivity index (χ4n) is 3.97. The summed E-state index contributed by atoms with van der Waals surface area (Å²) in [6.45, 7) is 22.4. The van der Waals surface area contributed by atoms with Crippen LogP contribution in [0.1, 0.15) is 101 Å². The van der Waals surface area contributed by atoms with Crippen LogP contribution in [0.4, 0.5) is 11.4 Å². The van der Waals surface area contributed by atoms with Gasteiger partial charge in [-0.05, 0) is 23.7 Å². The zero-order chi connectivity index (χ0) is 23.3. The molecule has 0 spiro atoms. The molecule has 0 atom stereocenters. The molecule has 31 heavy (non-hydrogen) atoms. The van der Waals surface area contributed by atoms with Crippen LogP contribution in [0.25, 0.3) is 0 Å². The Balaban J connectivity index is 0.00000512. The number of hydrogen-bond acceptors (Lipinski definition) is 0. The van der Waals surface area contributed by atoms with Gasteiger partial charge in [0.05, 0.1) is 0 Å². The molecule has 2 aromatic rings. The number of rotatable bonds is 9.